The first kappa shape index (κ1) is 15.2. The van der Waals surface area contributed by atoms with E-state index in [4.69, 9.17) is 0 Å². The molecule has 0 amide bonds. The molecule has 1 aliphatic carbocycles. The Morgan fingerprint density at radius 3 is 2.70 bits per heavy atom. The third kappa shape index (κ3) is 4.74. The van der Waals surface area contributed by atoms with E-state index >= 15 is 0 Å². The maximum absolute atomic E-state index is 11.3. The van der Waals surface area contributed by atoms with Crippen molar-refractivity contribution in [3.63, 3.8) is 0 Å². The van der Waals surface area contributed by atoms with E-state index in [2.05, 4.69) is 27.5 Å². The molecule has 1 heterocycles. The maximum Gasteiger partial charge on any atom is 0.136 e. The number of hydrogen-bond acceptors (Lipinski definition) is 5. The third-order valence-electron chi connectivity index (χ3n) is 3.12. The smallest absolute Gasteiger partial charge is 0.136 e. The predicted octanol–water partition coefficient (Wildman–Crippen LogP) is 2.35. The van der Waals surface area contributed by atoms with E-state index in [0.29, 0.717) is 11.7 Å². The van der Waals surface area contributed by atoms with Gasteiger partial charge in [0.1, 0.15) is 17.5 Å². The van der Waals surface area contributed by atoms with Gasteiger partial charge in [0.2, 0.25) is 0 Å². The molecule has 2 rings (SSSR count). The summed E-state index contributed by atoms with van der Waals surface area (Å²) in [6, 6.07) is 2.08. The van der Waals surface area contributed by atoms with E-state index in [0.717, 1.165) is 30.4 Å². The quantitative estimate of drug-likeness (QED) is 0.771. The highest BCUT2D eigenvalue weighted by atomic mass is 32.2. The number of hydrogen-bond donors (Lipinski definition) is 2. The molecular formula is C14H24N4OS. The van der Waals surface area contributed by atoms with E-state index in [1.165, 1.54) is 12.8 Å². The summed E-state index contributed by atoms with van der Waals surface area (Å²) in [7, 11) is -0.803. The van der Waals surface area contributed by atoms with Crippen LogP contribution in [0.25, 0.3) is 0 Å². The van der Waals surface area contributed by atoms with Gasteiger partial charge in [-0.3, -0.25) is 4.21 Å². The van der Waals surface area contributed by atoms with Crippen LogP contribution in [0.3, 0.4) is 0 Å². The molecule has 1 aromatic heterocycles. The molecule has 1 saturated carbocycles. The Morgan fingerprint density at radius 1 is 1.40 bits per heavy atom. The van der Waals surface area contributed by atoms with Crippen molar-refractivity contribution in [2.45, 2.75) is 45.1 Å². The minimum atomic E-state index is -0.803. The number of nitrogens with zero attached hydrogens (tertiary/aromatic N) is 2. The second kappa shape index (κ2) is 7.02. The minimum Gasteiger partial charge on any atom is -0.370 e. The lowest BCUT2D eigenvalue weighted by Gasteiger charge is -2.15. The molecule has 2 N–H and O–H groups in total. The van der Waals surface area contributed by atoms with Gasteiger partial charge in [0.05, 0.1) is 0 Å². The first-order chi connectivity index (χ1) is 9.58. The topological polar surface area (TPSA) is 66.9 Å². The number of aromatic nitrogens is 2. The SMILES string of the molecule is CCCNc1cc(NC(C)CS(C)=O)nc(C2CC2)n1. The molecular weight excluding hydrogens is 272 g/mol. The van der Waals surface area contributed by atoms with Gasteiger partial charge in [0.15, 0.2) is 0 Å². The van der Waals surface area contributed by atoms with Crippen LogP contribution in [0.1, 0.15) is 44.9 Å². The molecule has 1 aliphatic rings. The van der Waals surface area contributed by atoms with Gasteiger partial charge in [0, 0.05) is 47.4 Å². The van der Waals surface area contributed by atoms with Gasteiger partial charge in [-0.15, -0.1) is 0 Å². The van der Waals surface area contributed by atoms with Crippen LogP contribution in [-0.4, -0.2) is 38.8 Å². The molecule has 112 valence electrons. The lowest BCUT2D eigenvalue weighted by Crippen LogP contribution is -2.23. The van der Waals surface area contributed by atoms with Crippen molar-refractivity contribution in [3.05, 3.63) is 11.9 Å². The summed E-state index contributed by atoms with van der Waals surface area (Å²) < 4.78 is 11.3. The average molecular weight is 296 g/mol. The van der Waals surface area contributed by atoms with E-state index in [1.807, 2.05) is 13.0 Å². The van der Waals surface area contributed by atoms with E-state index in [9.17, 15) is 4.21 Å². The lowest BCUT2D eigenvalue weighted by atomic mass is 10.3. The van der Waals surface area contributed by atoms with Gasteiger partial charge in [0.25, 0.3) is 0 Å². The average Bonchev–Trinajstić information content (AvgIpc) is 3.19. The van der Waals surface area contributed by atoms with Crippen molar-refractivity contribution in [1.29, 1.82) is 0 Å². The van der Waals surface area contributed by atoms with Crippen molar-refractivity contribution in [2.24, 2.45) is 0 Å². The van der Waals surface area contributed by atoms with Crippen molar-refractivity contribution in [3.8, 4) is 0 Å². The fourth-order valence-corrected chi connectivity index (χ4v) is 2.84. The monoisotopic (exact) mass is 296 g/mol. The summed E-state index contributed by atoms with van der Waals surface area (Å²) in [6.45, 7) is 5.07. The Bertz CT molecular complexity index is 476. The van der Waals surface area contributed by atoms with Crippen molar-refractivity contribution >= 4 is 22.4 Å². The van der Waals surface area contributed by atoms with Crippen LogP contribution in [-0.2, 0) is 10.8 Å². The number of nitrogens with one attached hydrogen (secondary N) is 2. The molecule has 0 aliphatic heterocycles. The molecule has 0 aromatic carbocycles. The Kier molecular flexibility index (Phi) is 5.34. The first-order valence-corrected chi connectivity index (χ1v) is 9.00. The Balaban J connectivity index is 2.09. The summed E-state index contributed by atoms with van der Waals surface area (Å²) >= 11 is 0. The molecule has 2 atom stereocenters. The highest BCUT2D eigenvalue weighted by Gasteiger charge is 2.27. The second-order valence-electron chi connectivity index (χ2n) is 5.48. The van der Waals surface area contributed by atoms with Gasteiger partial charge in [-0.2, -0.15) is 0 Å². The zero-order chi connectivity index (χ0) is 14.5. The van der Waals surface area contributed by atoms with Crippen LogP contribution in [0.4, 0.5) is 11.6 Å². The highest BCUT2D eigenvalue weighted by Crippen LogP contribution is 2.38. The molecule has 2 unspecified atom stereocenters. The summed E-state index contributed by atoms with van der Waals surface area (Å²) in [4.78, 5) is 9.17. The maximum atomic E-state index is 11.3. The Morgan fingerprint density at radius 2 is 2.10 bits per heavy atom. The lowest BCUT2D eigenvalue weighted by molar-refractivity contribution is 0.682. The van der Waals surface area contributed by atoms with E-state index < -0.39 is 10.8 Å². The van der Waals surface area contributed by atoms with Crippen LogP contribution in [0.5, 0.6) is 0 Å². The van der Waals surface area contributed by atoms with Crippen LogP contribution < -0.4 is 10.6 Å². The van der Waals surface area contributed by atoms with Gasteiger partial charge in [-0.05, 0) is 26.2 Å². The fourth-order valence-electron chi connectivity index (χ4n) is 2.05. The fraction of sp³-hybridized carbons (Fsp3) is 0.714. The minimum absolute atomic E-state index is 0.141. The van der Waals surface area contributed by atoms with E-state index in [-0.39, 0.29) is 6.04 Å². The summed E-state index contributed by atoms with van der Waals surface area (Å²) in [5, 5.41) is 6.65. The number of anilines is 2. The highest BCUT2D eigenvalue weighted by molar-refractivity contribution is 7.84. The molecule has 0 radical (unpaired) electrons. The van der Waals surface area contributed by atoms with Gasteiger partial charge < -0.3 is 10.6 Å². The zero-order valence-electron chi connectivity index (χ0n) is 12.5. The van der Waals surface area contributed by atoms with Gasteiger partial charge >= 0.3 is 0 Å². The standard InChI is InChI=1S/C14H24N4OS/c1-4-7-15-12-8-13(16-10(2)9-20(3)19)18-14(17-12)11-5-6-11/h8,10-11H,4-7,9H2,1-3H3,(H2,15,16,17,18). The summed E-state index contributed by atoms with van der Waals surface area (Å²) in [5.41, 5.74) is 0. The Hall–Kier alpha value is -1.17. The van der Waals surface area contributed by atoms with Crippen molar-refractivity contribution in [1.82, 2.24) is 9.97 Å². The molecule has 0 saturated heterocycles. The van der Waals surface area contributed by atoms with E-state index in [1.54, 1.807) is 6.26 Å². The van der Waals surface area contributed by atoms with Crippen LogP contribution in [0.2, 0.25) is 0 Å². The predicted molar refractivity (Wildman–Crippen MR) is 84.8 cm³/mol. The zero-order valence-corrected chi connectivity index (χ0v) is 13.3. The molecule has 6 heteroatoms. The second-order valence-corrected chi connectivity index (χ2v) is 6.96. The van der Waals surface area contributed by atoms with Crippen LogP contribution >= 0.6 is 0 Å². The molecule has 1 fully saturated rings. The van der Waals surface area contributed by atoms with Crippen molar-refractivity contribution < 1.29 is 4.21 Å². The number of rotatable bonds is 8. The molecule has 1 aromatic rings. The Labute approximate surface area is 123 Å². The third-order valence-corrected chi connectivity index (χ3v) is 4.09. The van der Waals surface area contributed by atoms with Crippen LogP contribution in [0, 0.1) is 0 Å². The molecule has 0 spiro atoms. The normalized spacial score (nSPS) is 17.6. The molecule has 5 nitrogen and oxygen atoms in total. The summed E-state index contributed by atoms with van der Waals surface area (Å²) in [6.07, 6.45) is 5.16. The summed E-state index contributed by atoms with van der Waals surface area (Å²) in [5.74, 6) is 3.79. The first-order valence-electron chi connectivity index (χ1n) is 7.28. The van der Waals surface area contributed by atoms with Gasteiger partial charge in [-0.25, -0.2) is 9.97 Å². The molecule has 20 heavy (non-hydrogen) atoms. The van der Waals surface area contributed by atoms with Gasteiger partial charge in [-0.1, -0.05) is 6.92 Å². The van der Waals surface area contributed by atoms with Crippen LogP contribution in [0.15, 0.2) is 6.07 Å². The molecule has 0 bridgehead atoms. The van der Waals surface area contributed by atoms with Crippen molar-refractivity contribution in [2.75, 3.05) is 29.2 Å². The largest absolute Gasteiger partial charge is 0.370 e.